The van der Waals surface area contributed by atoms with Crippen LogP contribution < -0.4 is 0 Å². The number of fused-ring (bicyclic) bond motifs is 1. The molecule has 4 fully saturated rings. The molecule has 6 atom stereocenters. The Balaban J connectivity index is 1.35. The minimum atomic E-state index is -0.0292. The molecule has 3 aliphatic carbocycles. The van der Waals surface area contributed by atoms with E-state index in [9.17, 15) is 9.59 Å². The van der Waals surface area contributed by atoms with Crippen LogP contribution in [0.25, 0.3) is 0 Å². The second kappa shape index (κ2) is 5.52. The maximum Gasteiger partial charge on any atom is 0.309 e. The molecule has 0 spiro atoms. The summed E-state index contributed by atoms with van der Waals surface area (Å²) < 4.78 is 11.6. The molecule has 1 heterocycles. The van der Waals surface area contributed by atoms with Crippen LogP contribution in [-0.2, 0) is 19.1 Å². The van der Waals surface area contributed by atoms with Crippen molar-refractivity contribution in [1.29, 1.82) is 0 Å². The van der Waals surface area contributed by atoms with E-state index in [0.717, 1.165) is 32.1 Å². The van der Waals surface area contributed by atoms with Gasteiger partial charge in [0.25, 0.3) is 0 Å². The molecule has 0 aromatic carbocycles. The van der Waals surface area contributed by atoms with E-state index >= 15 is 0 Å². The molecule has 4 unspecified atom stereocenters. The lowest BCUT2D eigenvalue weighted by Crippen LogP contribution is -2.56. The highest BCUT2D eigenvalue weighted by Crippen LogP contribution is 2.65. The van der Waals surface area contributed by atoms with Gasteiger partial charge in [0.1, 0.15) is 11.9 Å². The normalized spacial score (nSPS) is 48.8. The van der Waals surface area contributed by atoms with Crippen LogP contribution in [0.15, 0.2) is 0 Å². The maximum absolute atomic E-state index is 12.5. The van der Waals surface area contributed by atoms with E-state index in [4.69, 9.17) is 9.47 Å². The van der Waals surface area contributed by atoms with Crippen LogP contribution in [0.3, 0.4) is 0 Å². The zero-order valence-electron chi connectivity index (χ0n) is 13.2. The van der Waals surface area contributed by atoms with Crippen molar-refractivity contribution in [1.82, 2.24) is 0 Å². The first-order valence-corrected chi connectivity index (χ1v) is 9.43. The Hall–Kier alpha value is -0.550. The van der Waals surface area contributed by atoms with Gasteiger partial charge in [-0.3, -0.25) is 9.59 Å². The van der Waals surface area contributed by atoms with E-state index < -0.39 is 0 Å². The number of thioether (sulfide) groups is 1. The summed E-state index contributed by atoms with van der Waals surface area (Å²) in [5.41, 5.74) is 0. The first-order valence-electron chi connectivity index (χ1n) is 8.49. The van der Waals surface area contributed by atoms with Gasteiger partial charge in [-0.2, -0.15) is 0 Å². The molecule has 2 bridgehead atoms. The Morgan fingerprint density at radius 2 is 1.59 bits per heavy atom. The van der Waals surface area contributed by atoms with Crippen molar-refractivity contribution in [3.05, 3.63) is 0 Å². The van der Waals surface area contributed by atoms with E-state index in [1.54, 1.807) is 14.0 Å². The van der Waals surface area contributed by atoms with Crippen molar-refractivity contribution >= 4 is 23.5 Å². The van der Waals surface area contributed by atoms with Gasteiger partial charge in [0.2, 0.25) is 0 Å². The highest BCUT2D eigenvalue weighted by Gasteiger charge is 2.67. The summed E-state index contributed by atoms with van der Waals surface area (Å²) in [5, 5.41) is 1.15. The SMILES string of the molecule is COC1C2SC3C(OC(=O)C4CCC(C(C)=O)CC4)[C@@H]1C[C@@H]23. The Kier molecular flexibility index (Phi) is 3.76. The van der Waals surface area contributed by atoms with Gasteiger partial charge >= 0.3 is 5.97 Å². The number of carbonyl (C=O) groups excluding carboxylic acids is 2. The van der Waals surface area contributed by atoms with Crippen LogP contribution in [0.4, 0.5) is 0 Å². The van der Waals surface area contributed by atoms with Crippen molar-refractivity contribution in [2.45, 2.75) is 61.7 Å². The molecular weight excluding hydrogens is 300 g/mol. The highest BCUT2D eigenvalue weighted by molar-refractivity contribution is 8.02. The van der Waals surface area contributed by atoms with Crippen LogP contribution in [0.5, 0.6) is 0 Å². The van der Waals surface area contributed by atoms with Gasteiger partial charge in [0, 0.05) is 29.4 Å². The van der Waals surface area contributed by atoms with Crippen molar-refractivity contribution in [2.24, 2.45) is 23.7 Å². The highest BCUT2D eigenvalue weighted by atomic mass is 32.2. The predicted octanol–water partition coefficient (Wildman–Crippen LogP) is 2.44. The average Bonchev–Trinajstić information content (AvgIpc) is 2.93. The fourth-order valence-corrected chi connectivity index (χ4v) is 7.01. The maximum atomic E-state index is 12.5. The third-order valence-corrected chi connectivity index (χ3v) is 8.22. The molecule has 0 N–H and O–H groups in total. The quantitative estimate of drug-likeness (QED) is 0.744. The van der Waals surface area contributed by atoms with Crippen molar-refractivity contribution < 1.29 is 19.1 Å². The smallest absolute Gasteiger partial charge is 0.309 e. The number of ketones is 1. The number of hydrogen-bond acceptors (Lipinski definition) is 5. The topological polar surface area (TPSA) is 52.6 Å². The van der Waals surface area contributed by atoms with Gasteiger partial charge in [0.15, 0.2) is 0 Å². The van der Waals surface area contributed by atoms with Gasteiger partial charge in [-0.05, 0) is 44.9 Å². The molecular formula is C17H24O4S. The number of rotatable bonds is 4. The van der Waals surface area contributed by atoms with Gasteiger partial charge in [0.05, 0.1) is 12.0 Å². The third-order valence-electron chi connectivity index (χ3n) is 6.35. The van der Waals surface area contributed by atoms with Gasteiger partial charge in [-0.1, -0.05) is 0 Å². The van der Waals surface area contributed by atoms with Crippen molar-refractivity contribution in [3.63, 3.8) is 0 Å². The molecule has 22 heavy (non-hydrogen) atoms. The first kappa shape index (κ1) is 15.0. The molecule has 3 saturated carbocycles. The summed E-state index contributed by atoms with van der Waals surface area (Å²) in [7, 11) is 1.78. The monoisotopic (exact) mass is 324 g/mol. The standard InChI is InChI=1S/C17H24O4S/c1-8(18)9-3-5-10(6-4-9)17(19)21-14-11-7-12-15(13(11)20-2)22-16(12)14/h9-16H,3-7H2,1-2H3/t9?,10?,11-,12+,13?,14?,15?,16?/m1/s1. The largest absolute Gasteiger partial charge is 0.461 e. The van der Waals surface area contributed by atoms with E-state index in [1.165, 1.54) is 0 Å². The number of esters is 1. The molecule has 0 aromatic heterocycles. The lowest BCUT2D eigenvalue weighted by atomic mass is 9.80. The van der Waals surface area contributed by atoms with E-state index in [2.05, 4.69) is 0 Å². The molecule has 122 valence electrons. The van der Waals surface area contributed by atoms with Gasteiger partial charge in [-0.25, -0.2) is 0 Å². The number of ether oxygens (including phenoxy) is 2. The van der Waals surface area contributed by atoms with Crippen molar-refractivity contribution in [2.75, 3.05) is 7.11 Å². The van der Waals surface area contributed by atoms with Crippen LogP contribution in [-0.4, -0.2) is 41.6 Å². The predicted molar refractivity (Wildman–Crippen MR) is 83.6 cm³/mol. The molecule has 4 aliphatic rings. The molecule has 4 rings (SSSR count). The Morgan fingerprint density at radius 3 is 2.18 bits per heavy atom. The average molecular weight is 324 g/mol. The number of hydrogen-bond donors (Lipinski definition) is 0. The first-order chi connectivity index (χ1) is 10.6. The second-order valence-electron chi connectivity index (χ2n) is 7.39. The fraction of sp³-hybridized carbons (Fsp3) is 0.882. The number of methoxy groups -OCH3 is 1. The molecule has 1 saturated heterocycles. The summed E-state index contributed by atoms with van der Waals surface area (Å²) >= 11 is 1.95. The van der Waals surface area contributed by atoms with Gasteiger partial charge in [-0.15, -0.1) is 11.8 Å². The number of Topliss-reactive ketones (excluding diaryl/α,β-unsaturated/α-hetero) is 1. The fourth-order valence-electron chi connectivity index (χ4n) is 5.08. The zero-order valence-corrected chi connectivity index (χ0v) is 14.0. The summed E-state index contributed by atoms with van der Waals surface area (Å²) in [6, 6.07) is 0. The Morgan fingerprint density at radius 1 is 0.955 bits per heavy atom. The molecule has 0 radical (unpaired) electrons. The zero-order chi connectivity index (χ0) is 15.4. The Labute approximate surface area is 135 Å². The second-order valence-corrected chi connectivity index (χ2v) is 8.75. The van der Waals surface area contributed by atoms with E-state index in [0.29, 0.717) is 22.3 Å². The van der Waals surface area contributed by atoms with Gasteiger partial charge < -0.3 is 9.47 Å². The van der Waals surface area contributed by atoms with Crippen LogP contribution >= 0.6 is 11.8 Å². The van der Waals surface area contributed by atoms with E-state index in [-0.39, 0.29) is 35.8 Å². The lowest BCUT2D eigenvalue weighted by molar-refractivity contribution is -0.161. The molecule has 0 aromatic rings. The third kappa shape index (κ3) is 2.15. The molecule has 0 amide bonds. The minimum Gasteiger partial charge on any atom is -0.461 e. The van der Waals surface area contributed by atoms with Crippen LogP contribution in [0, 0.1) is 23.7 Å². The lowest BCUT2D eigenvalue weighted by Gasteiger charge is -2.49. The summed E-state index contributed by atoms with van der Waals surface area (Å²) in [5.74, 6) is 1.50. The van der Waals surface area contributed by atoms with Crippen LogP contribution in [0.1, 0.15) is 39.0 Å². The number of carbonyl (C=O) groups is 2. The van der Waals surface area contributed by atoms with Crippen LogP contribution in [0.2, 0.25) is 0 Å². The Bertz CT molecular complexity index is 485. The summed E-state index contributed by atoms with van der Waals surface area (Å²) in [6.45, 7) is 1.66. The van der Waals surface area contributed by atoms with E-state index in [1.807, 2.05) is 11.8 Å². The molecule has 4 nitrogen and oxygen atoms in total. The summed E-state index contributed by atoms with van der Waals surface area (Å²) in [6.07, 6.45) is 4.78. The summed E-state index contributed by atoms with van der Waals surface area (Å²) in [4.78, 5) is 23.9. The molecule has 1 aliphatic heterocycles. The minimum absolute atomic E-state index is 0.00315. The van der Waals surface area contributed by atoms with Crippen molar-refractivity contribution in [3.8, 4) is 0 Å². The molecule has 5 heteroatoms.